The maximum atomic E-state index is 11.1. The number of ether oxygens (including phenoxy) is 1. The van der Waals surface area contributed by atoms with Crippen LogP contribution in [0.15, 0.2) is 42.5 Å². The zero-order chi connectivity index (χ0) is 19.1. The number of benzene rings is 2. The summed E-state index contributed by atoms with van der Waals surface area (Å²) in [7, 11) is 0. The standard InChI is InChI=1S/C22H27NO3/c1-6-13-23(16-9-7-15(8-10-16)20(24)25)17-11-12-18-19(14-17)22(4,5)26-21(18,2)3/h7-12,14H,6,13H2,1-5H3,(H,24,25). The lowest BCUT2D eigenvalue weighted by Gasteiger charge is -2.27. The lowest BCUT2D eigenvalue weighted by molar-refractivity contribution is -0.105. The third-order valence-electron chi connectivity index (χ3n) is 5.00. The van der Waals surface area contributed by atoms with E-state index in [0.717, 1.165) is 24.3 Å². The molecule has 0 spiro atoms. The fraction of sp³-hybridized carbons (Fsp3) is 0.409. The van der Waals surface area contributed by atoms with Crippen molar-refractivity contribution in [3.05, 3.63) is 59.2 Å². The molecule has 1 aliphatic heterocycles. The molecule has 1 N–H and O–H groups in total. The van der Waals surface area contributed by atoms with E-state index < -0.39 is 5.97 Å². The highest BCUT2D eigenvalue weighted by Crippen LogP contribution is 2.48. The summed E-state index contributed by atoms with van der Waals surface area (Å²) in [5, 5.41) is 9.12. The van der Waals surface area contributed by atoms with Gasteiger partial charge in [-0.15, -0.1) is 0 Å². The summed E-state index contributed by atoms with van der Waals surface area (Å²) in [5.74, 6) is -0.905. The number of carbonyl (C=O) groups is 1. The molecule has 4 nitrogen and oxygen atoms in total. The molecule has 0 amide bonds. The lowest BCUT2D eigenvalue weighted by Crippen LogP contribution is -2.22. The minimum atomic E-state index is -0.905. The summed E-state index contributed by atoms with van der Waals surface area (Å²) in [6.07, 6.45) is 0.989. The average molecular weight is 353 g/mol. The second-order valence-corrected chi connectivity index (χ2v) is 7.86. The first-order valence-corrected chi connectivity index (χ1v) is 9.12. The Morgan fingerprint density at radius 2 is 1.54 bits per heavy atom. The molecule has 0 radical (unpaired) electrons. The summed E-state index contributed by atoms with van der Waals surface area (Å²) >= 11 is 0. The molecule has 0 saturated heterocycles. The maximum absolute atomic E-state index is 11.1. The molecule has 1 aliphatic rings. The summed E-state index contributed by atoms with van der Waals surface area (Å²) in [6.45, 7) is 11.4. The summed E-state index contributed by atoms with van der Waals surface area (Å²) in [5.41, 5.74) is 4.20. The second-order valence-electron chi connectivity index (χ2n) is 7.86. The van der Waals surface area contributed by atoms with Crippen LogP contribution in [0.1, 0.15) is 62.5 Å². The molecular weight excluding hydrogens is 326 g/mol. The van der Waals surface area contributed by atoms with E-state index in [4.69, 9.17) is 9.84 Å². The quantitative estimate of drug-likeness (QED) is 0.778. The van der Waals surface area contributed by atoms with Gasteiger partial charge in [0.2, 0.25) is 0 Å². The highest BCUT2D eigenvalue weighted by Gasteiger charge is 2.43. The van der Waals surface area contributed by atoms with E-state index in [1.165, 1.54) is 11.1 Å². The Hall–Kier alpha value is -2.33. The third-order valence-corrected chi connectivity index (χ3v) is 5.00. The molecule has 0 aromatic heterocycles. The highest BCUT2D eigenvalue weighted by atomic mass is 16.5. The maximum Gasteiger partial charge on any atom is 0.335 e. The number of fused-ring (bicyclic) bond motifs is 1. The van der Waals surface area contributed by atoms with Crippen LogP contribution in [0.25, 0.3) is 0 Å². The van der Waals surface area contributed by atoms with Crippen LogP contribution >= 0.6 is 0 Å². The van der Waals surface area contributed by atoms with E-state index in [1.54, 1.807) is 12.1 Å². The molecule has 0 atom stereocenters. The van der Waals surface area contributed by atoms with E-state index in [1.807, 2.05) is 12.1 Å². The van der Waals surface area contributed by atoms with Crippen molar-refractivity contribution in [2.75, 3.05) is 11.4 Å². The van der Waals surface area contributed by atoms with Crippen LogP contribution in [0.2, 0.25) is 0 Å². The minimum Gasteiger partial charge on any atom is -0.478 e. The summed E-state index contributed by atoms with van der Waals surface area (Å²) in [4.78, 5) is 13.3. The number of carboxylic acid groups (broad SMARTS) is 1. The number of anilines is 2. The molecule has 4 heteroatoms. The smallest absolute Gasteiger partial charge is 0.335 e. The van der Waals surface area contributed by atoms with Crippen molar-refractivity contribution in [2.45, 2.75) is 52.2 Å². The molecule has 2 aromatic rings. The van der Waals surface area contributed by atoms with Gasteiger partial charge >= 0.3 is 5.97 Å². The molecule has 2 aromatic carbocycles. The number of hydrogen-bond donors (Lipinski definition) is 1. The van der Waals surface area contributed by atoms with Gasteiger partial charge in [0.05, 0.1) is 16.8 Å². The van der Waals surface area contributed by atoms with Gasteiger partial charge < -0.3 is 14.7 Å². The SMILES string of the molecule is CCCN(c1ccc(C(=O)O)cc1)c1ccc2c(c1)C(C)(C)OC2(C)C. The van der Waals surface area contributed by atoms with E-state index >= 15 is 0 Å². The van der Waals surface area contributed by atoms with Crippen LogP contribution < -0.4 is 4.90 Å². The first kappa shape index (κ1) is 18.5. The first-order valence-electron chi connectivity index (χ1n) is 9.12. The van der Waals surface area contributed by atoms with Crippen LogP contribution in [0.3, 0.4) is 0 Å². The van der Waals surface area contributed by atoms with Gasteiger partial charge in [-0.1, -0.05) is 13.0 Å². The average Bonchev–Trinajstić information content (AvgIpc) is 2.77. The van der Waals surface area contributed by atoms with Crippen molar-refractivity contribution in [1.29, 1.82) is 0 Å². The monoisotopic (exact) mass is 353 g/mol. The van der Waals surface area contributed by atoms with E-state index in [9.17, 15) is 4.79 Å². The van der Waals surface area contributed by atoms with Crippen LogP contribution in [0.4, 0.5) is 11.4 Å². The normalized spacial score (nSPS) is 17.0. The van der Waals surface area contributed by atoms with Crippen molar-refractivity contribution >= 4 is 17.3 Å². The van der Waals surface area contributed by atoms with E-state index in [-0.39, 0.29) is 11.2 Å². The van der Waals surface area contributed by atoms with Gasteiger partial charge in [-0.2, -0.15) is 0 Å². The Morgan fingerprint density at radius 1 is 0.962 bits per heavy atom. The summed E-state index contributed by atoms with van der Waals surface area (Å²) in [6, 6.07) is 13.6. The van der Waals surface area contributed by atoms with Gasteiger partial charge in [0.1, 0.15) is 0 Å². The van der Waals surface area contributed by atoms with Crippen molar-refractivity contribution < 1.29 is 14.6 Å². The molecule has 1 heterocycles. The Labute approximate surface area is 155 Å². The Morgan fingerprint density at radius 3 is 2.12 bits per heavy atom. The highest BCUT2D eigenvalue weighted by molar-refractivity contribution is 5.88. The number of rotatable bonds is 5. The van der Waals surface area contributed by atoms with Crippen molar-refractivity contribution in [1.82, 2.24) is 0 Å². The number of aromatic carboxylic acids is 1. The topological polar surface area (TPSA) is 49.8 Å². The Balaban J connectivity index is 2.03. The minimum absolute atomic E-state index is 0.296. The molecule has 0 saturated carbocycles. The number of nitrogens with zero attached hydrogens (tertiary/aromatic N) is 1. The summed E-state index contributed by atoms with van der Waals surface area (Å²) < 4.78 is 6.27. The molecular formula is C22H27NO3. The second kappa shape index (κ2) is 6.44. The zero-order valence-electron chi connectivity index (χ0n) is 16.2. The predicted octanol–water partition coefficient (Wildman–Crippen LogP) is 5.43. The van der Waals surface area contributed by atoms with Crippen LogP contribution in [0, 0.1) is 0 Å². The van der Waals surface area contributed by atoms with Crippen molar-refractivity contribution in [2.24, 2.45) is 0 Å². The Bertz CT molecular complexity index is 822. The van der Waals surface area contributed by atoms with Crippen LogP contribution in [-0.2, 0) is 15.9 Å². The fourth-order valence-electron chi connectivity index (χ4n) is 3.89. The van der Waals surface area contributed by atoms with E-state index in [2.05, 4.69) is 57.7 Å². The zero-order valence-corrected chi connectivity index (χ0v) is 16.2. The Kier molecular flexibility index (Phi) is 4.57. The van der Waals surface area contributed by atoms with Gasteiger partial charge in [0, 0.05) is 17.9 Å². The molecule has 0 unspecified atom stereocenters. The van der Waals surface area contributed by atoms with Crippen LogP contribution in [0.5, 0.6) is 0 Å². The van der Waals surface area contributed by atoms with Gasteiger partial charge in [0.25, 0.3) is 0 Å². The lowest BCUT2D eigenvalue weighted by atomic mass is 9.90. The fourth-order valence-corrected chi connectivity index (χ4v) is 3.89. The molecule has 0 fully saturated rings. The van der Waals surface area contributed by atoms with E-state index in [0.29, 0.717) is 5.56 Å². The third kappa shape index (κ3) is 3.21. The molecule has 3 rings (SSSR count). The molecule has 0 aliphatic carbocycles. The van der Waals surface area contributed by atoms with Crippen molar-refractivity contribution in [3.8, 4) is 0 Å². The first-order chi connectivity index (χ1) is 12.2. The molecule has 26 heavy (non-hydrogen) atoms. The van der Waals surface area contributed by atoms with Crippen LogP contribution in [-0.4, -0.2) is 17.6 Å². The van der Waals surface area contributed by atoms with Gasteiger partial charge in [-0.05, 0) is 81.6 Å². The molecule has 138 valence electrons. The molecule has 0 bridgehead atoms. The number of hydrogen-bond acceptors (Lipinski definition) is 3. The number of carboxylic acids is 1. The van der Waals surface area contributed by atoms with Gasteiger partial charge in [-0.25, -0.2) is 4.79 Å². The van der Waals surface area contributed by atoms with Gasteiger partial charge in [-0.3, -0.25) is 0 Å². The van der Waals surface area contributed by atoms with Crippen molar-refractivity contribution in [3.63, 3.8) is 0 Å². The largest absolute Gasteiger partial charge is 0.478 e. The predicted molar refractivity (Wildman–Crippen MR) is 104 cm³/mol. The van der Waals surface area contributed by atoms with Gasteiger partial charge in [0.15, 0.2) is 0 Å².